The van der Waals surface area contributed by atoms with E-state index in [2.05, 4.69) is 33.2 Å². The zero-order valence-electron chi connectivity index (χ0n) is 22.3. The Bertz CT molecular complexity index is 1380. The molecule has 0 aliphatic carbocycles. The second-order valence-electron chi connectivity index (χ2n) is 9.87. The van der Waals surface area contributed by atoms with Gasteiger partial charge in [-0.15, -0.1) is 0 Å². The Kier molecular flexibility index (Phi) is 10.8. The van der Waals surface area contributed by atoms with Gasteiger partial charge in [-0.1, -0.05) is 73.7 Å². The van der Waals surface area contributed by atoms with Crippen LogP contribution >= 0.6 is 22.6 Å². The highest BCUT2D eigenvalue weighted by Gasteiger charge is 2.26. The molecule has 4 nitrogen and oxygen atoms in total. The van der Waals surface area contributed by atoms with Crippen molar-refractivity contribution in [2.45, 2.75) is 44.4 Å². The average Bonchev–Trinajstić information content (AvgIpc) is 2.93. The smallest absolute Gasteiger partial charge is 0.227 e. The molecule has 0 bridgehead atoms. The second-order valence-corrected chi connectivity index (χ2v) is 11.1. The number of rotatable bonds is 12. The molecule has 4 aromatic carbocycles. The maximum absolute atomic E-state index is 13.9. The maximum atomic E-state index is 13.9. The fourth-order valence-electron chi connectivity index (χ4n) is 4.81. The summed E-state index contributed by atoms with van der Waals surface area (Å²) in [5.41, 5.74) is 4.44. The van der Waals surface area contributed by atoms with Gasteiger partial charge in [-0.3, -0.25) is 4.79 Å². The molecule has 0 aliphatic rings. The van der Waals surface area contributed by atoms with Crippen LogP contribution in [0.4, 0.5) is 8.78 Å². The van der Waals surface area contributed by atoms with Crippen molar-refractivity contribution >= 4 is 28.5 Å². The Labute approximate surface area is 248 Å². The molecule has 0 fully saturated rings. The third-order valence-electron chi connectivity index (χ3n) is 6.89. The number of aliphatic hydroxyl groups excluding tert-OH is 1. The fourth-order valence-corrected chi connectivity index (χ4v) is 5.42. The van der Waals surface area contributed by atoms with Gasteiger partial charge in [0.1, 0.15) is 11.6 Å². The van der Waals surface area contributed by atoms with E-state index in [1.807, 2.05) is 85.8 Å². The molecule has 0 heterocycles. The SMILES string of the molecule is CCC(C(=O)N[C@@H](Cc1cc(F)cc(F)c1)[C@@H](O)CNCc1cccc(I)c1)c1ccc(-c2ccccc2)cc1. The topological polar surface area (TPSA) is 61.4 Å². The number of benzene rings is 4. The van der Waals surface area contributed by atoms with Gasteiger partial charge in [0.2, 0.25) is 5.91 Å². The minimum atomic E-state index is -0.990. The first kappa shape index (κ1) is 29.8. The maximum Gasteiger partial charge on any atom is 0.227 e. The molecule has 0 radical (unpaired) electrons. The van der Waals surface area contributed by atoms with Crippen molar-refractivity contribution in [3.8, 4) is 11.1 Å². The summed E-state index contributed by atoms with van der Waals surface area (Å²) in [5, 5.41) is 17.3. The monoisotopic (exact) mass is 654 g/mol. The standard InChI is InChI=1S/C33H33F2IN2O2/c1-2-30(26-13-11-25(12-14-26)24-8-4-3-5-9-24)33(40)38-31(18-23-15-27(34)19-28(35)16-23)32(39)21-37-20-22-7-6-10-29(36)17-22/h3-17,19,30-32,37,39H,2,18,20-21H2,1H3,(H,38,40)/t30?,31-,32-/m0/s1. The van der Waals surface area contributed by atoms with Gasteiger partial charge < -0.3 is 15.7 Å². The average molecular weight is 655 g/mol. The number of carbonyl (C=O) groups excluding carboxylic acids is 1. The van der Waals surface area contributed by atoms with Crippen molar-refractivity contribution in [3.63, 3.8) is 0 Å². The van der Waals surface area contributed by atoms with Crippen LogP contribution in [0, 0.1) is 15.2 Å². The first-order chi connectivity index (χ1) is 19.3. The highest BCUT2D eigenvalue weighted by atomic mass is 127. The lowest BCUT2D eigenvalue weighted by Crippen LogP contribution is -2.49. The molecule has 3 N–H and O–H groups in total. The number of amides is 1. The van der Waals surface area contributed by atoms with E-state index >= 15 is 0 Å². The van der Waals surface area contributed by atoms with E-state index in [4.69, 9.17) is 0 Å². The zero-order chi connectivity index (χ0) is 28.5. The largest absolute Gasteiger partial charge is 0.390 e. The molecule has 4 rings (SSSR count). The van der Waals surface area contributed by atoms with Crippen molar-refractivity contribution in [3.05, 3.63) is 129 Å². The summed E-state index contributed by atoms with van der Waals surface area (Å²) >= 11 is 2.25. The first-order valence-corrected chi connectivity index (χ1v) is 14.4. The molecule has 0 aliphatic heterocycles. The van der Waals surface area contributed by atoms with Gasteiger partial charge >= 0.3 is 0 Å². The normalized spacial score (nSPS) is 13.4. The molecule has 40 heavy (non-hydrogen) atoms. The summed E-state index contributed by atoms with van der Waals surface area (Å²) in [5.74, 6) is -2.08. The Morgan fingerprint density at radius 2 is 1.52 bits per heavy atom. The van der Waals surface area contributed by atoms with E-state index in [0.29, 0.717) is 18.5 Å². The summed E-state index contributed by atoms with van der Waals surface area (Å²) in [7, 11) is 0. The number of hydrogen-bond acceptors (Lipinski definition) is 3. The Morgan fingerprint density at radius 3 is 2.17 bits per heavy atom. The minimum absolute atomic E-state index is 0.0792. The molecule has 0 saturated heterocycles. The van der Waals surface area contributed by atoms with Crippen molar-refractivity contribution < 1.29 is 18.7 Å². The van der Waals surface area contributed by atoms with Crippen LogP contribution in [0.5, 0.6) is 0 Å². The Balaban J connectivity index is 1.48. The number of carbonyl (C=O) groups is 1. The van der Waals surface area contributed by atoms with Gasteiger partial charge in [-0.25, -0.2) is 8.78 Å². The van der Waals surface area contributed by atoms with E-state index in [1.165, 1.54) is 12.1 Å². The van der Waals surface area contributed by atoms with Crippen molar-refractivity contribution in [1.82, 2.24) is 10.6 Å². The number of nitrogens with one attached hydrogen (secondary N) is 2. The van der Waals surface area contributed by atoms with Crippen molar-refractivity contribution in [1.29, 1.82) is 0 Å². The lowest BCUT2D eigenvalue weighted by molar-refractivity contribution is -0.124. The van der Waals surface area contributed by atoms with E-state index in [0.717, 1.165) is 31.9 Å². The molecular formula is C33H33F2IN2O2. The predicted molar refractivity (Wildman–Crippen MR) is 164 cm³/mol. The van der Waals surface area contributed by atoms with Gasteiger partial charge in [0.15, 0.2) is 0 Å². The predicted octanol–water partition coefficient (Wildman–Crippen LogP) is 6.61. The van der Waals surface area contributed by atoms with Gasteiger partial charge in [0.25, 0.3) is 0 Å². The molecule has 0 aromatic heterocycles. The number of hydrogen-bond donors (Lipinski definition) is 3. The van der Waals surface area contributed by atoms with Gasteiger partial charge in [0, 0.05) is 22.7 Å². The highest BCUT2D eigenvalue weighted by molar-refractivity contribution is 14.1. The van der Waals surface area contributed by atoms with Crippen LogP contribution in [0.25, 0.3) is 11.1 Å². The zero-order valence-corrected chi connectivity index (χ0v) is 24.4. The molecule has 0 saturated carbocycles. The fraction of sp³-hybridized carbons (Fsp3) is 0.242. The Morgan fingerprint density at radius 1 is 0.850 bits per heavy atom. The lowest BCUT2D eigenvalue weighted by atomic mass is 9.92. The van der Waals surface area contributed by atoms with Gasteiger partial charge in [-0.2, -0.15) is 0 Å². The van der Waals surface area contributed by atoms with Crippen LogP contribution in [0.2, 0.25) is 0 Å². The summed E-state index contributed by atoms with van der Waals surface area (Å²) in [4.78, 5) is 13.5. The van der Waals surface area contributed by atoms with Crippen LogP contribution in [0.3, 0.4) is 0 Å². The quantitative estimate of drug-likeness (QED) is 0.151. The molecule has 3 atom stereocenters. The van der Waals surface area contributed by atoms with Gasteiger partial charge in [0.05, 0.1) is 18.1 Å². The first-order valence-electron chi connectivity index (χ1n) is 13.4. The van der Waals surface area contributed by atoms with Crippen molar-refractivity contribution in [2.75, 3.05) is 6.54 Å². The molecule has 7 heteroatoms. The third-order valence-corrected chi connectivity index (χ3v) is 7.56. The minimum Gasteiger partial charge on any atom is -0.390 e. The highest BCUT2D eigenvalue weighted by Crippen LogP contribution is 2.25. The van der Waals surface area contributed by atoms with E-state index in [1.54, 1.807) is 0 Å². The van der Waals surface area contributed by atoms with Gasteiger partial charge in [-0.05, 0) is 87.5 Å². The summed E-state index contributed by atoms with van der Waals surface area (Å²) in [6.45, 7) is 2.66. The van der Waals surface area contributed by atoms with Crippen LogP contribution in [-0.2, 0) is 17.8 Å². The third kappa shape index (κ3) is 8.43. The molecule has 4 aromatic rings. The lowest BCUT2D eigenvalue weighted by Gasteiger charge is -2.27. The van der Waals surface area contributed by atoms with E-state index in [-0.39, 0.29) is 18.9 Å². The van der Waals surface area contributed by atoms with Crippen LogP contribution in [-0.4, -0.2) is 29.7 Å². The molecule has 1 unspecified atom stereocenters. The summed E-state index contributed by atoms with van der Waals surface area (Å²) < 4.78 is 29.0. The number of halogens is 3. The van der Waals surface area contributed by atoms with Crippen molar-refractivity contribution in [2.24, 2.45) is 0 Å². The van der Waals surface area contributed by atoms with Crippen LogP contribution in [0.15, 0.2) is 97.1 Å². The van der Waals surface area contributed by atoms with E-state index < -0.39 is 29.7 Å². The number of aliphatic hydroxyl groups is 1. The molecule has 1 amide bonds. The molecular weight excluding hydrogens is 621 g/mol. The summed E-state index contributed by atoms with van der Waals surface area (Å²) in [6, 6.07) is 28.4. The molecule has 0 spiro atoms. The Hall–Kier alpha value is -3.14. The van der Waals surface area contributed by atoms with Crippen LogP contribution in [0.1, 0.15) is 36.0 Å². The molecule has 208 valence electrons. The second kappa shape index (κ2) is 14.5. The summed E-state index contributed by atoms with van der Waals surface area (Å²) in [6.07, 6.45) is -0.356. The van der Waals surface area contributed by atoms with Crippen LogP contribution < -0.4 is 10.6 Å². The van der Waals surface area contributed by atoms with E-state index in [9.17, 15) is 18.7 Å².